The molecular formula is C23H26N2O4. The molecule has 2 aromatic carbocycles. The van der Waals surface area contributed by atoms with Gasteiger partial charge in [0.15, 0.2) is 11.5 Å². The summed E-state index contributed by atoms with van der Waals surface area (Å²) in [6, 6.07) is 18.1. The monoisotopic (exact) mass is 394 g/mol. The Kier molecular flexibility index (Phi) is 5.74. The molecule has 3 aromatic rings. The highest BCUT2D eigenvalue weighted by molar-refractivity contribution is 5.48. The lowest BCUT2D eigenvalue weighted by Crippen LogP contribution is -2.31. The van der Waals surface area contributed by atoms with Crippen molar-refractivity contribution in [3.8, 4) is 22.9 Å². The van der Waals surface area contributed by atoms with E-state index in [0.29, 0.717) is 19.6 Å². The van der Waals surface area contributed by atoms with Gasteiger partial charge in [-0.25, -0.2) is 0 Å². The maximum atomic E-state index is 10.0. The van der Waals surface area contributed by atoms with Crippen molar-refractivity contribution in [1.82, 2.24) is 9.47 Å². The van der Waals surface area contributed by atoms with Crippen molar-refractivity contribution in [2.45, 2.75) is 26.1 Å². The topological polar surface area (TPSA) is 56.1 Å². The fourth-order valence-corrected chi connectivity index (χ4v) is 3.69. The molecule has 6 heteroatoms. The summed E-state index contributed by atoms with van der Waals surface area (Å²) in [5.74, 6) is 2.38. The second-order valence-electron chi connectivity index (χ2n) is 7.25. The van der Waals surface area contributed by atoms with Crippen LogP contribution in [0.5, 0.6) is 17.2 Å². The lowest BCUT2D eigenvalue weighted by molar-refractivity contribution is 0.117. The van der Waals surface area contributed by atoms with Gasteiger partial charge < -0.3 is 23.9 Å². The van der Waals surface area contributed by atoms with E-state index in [0.717, 1.165) is 34.2 Å². The van der Waals surface area contributed by atoms with E-state index in [1.165, 1.54) is 0 Å². The number of aromatic nitrogens is 1. The molecule has 1 atom stereocenters. The van der Waals surface area contributed by atoms with Gasteiger partial charge in [-0.05, 0) is 48.9 Å². The van der Waals surface area contributed by atoms with E-state index in [9.17, 15) is 5.11 Å². The predicted octanol–water partition coefficient (Wildman–Crippen LogP) is 3.60. The highest BCUT2D eigenvalue weighted by atomic mass is 16.7. The third-order valence-corrected chi connectivity index (χ3v) is 4.93. The van der Waals surface area contributed by atoms with Gasteiger partial charge in [-0.15, -0.1) is 0 Å². The van der Waals surface area contributed by atoms with Gasteiger partial charge in [0.1, 0.15) is 5.75 Å². The van der Waals surface area contributed by atoms with E-state index in [-0.39, 0.29) is 6.79 Å². The van der Waals surface area contributed by atoms with Crippen LogP contribution in [0, 0.1) is 0 Å². The molecule has 2 heterocycles. The molecule has 1 N–H and O–H groups in total. The maximum Gasteiger partial charge on any atom is 0.231 e. The van der Waals surface area contributed by atoms with Crippen molar-refractivity contribution < 1.29 is 19.3 Å². The second-order valence-corrected chi connectivity index (χ2v) is 7.25. The first kappa shape index (κ1) is 19.4. The Morgan fingerprint density at radius 3 is 2.72 bits per heavy atom. The fourth-order valence-electron chi connectivity index (χ4n) is 3.69. The zero-order valence-corrected chi connectivity index (χ0v) is 16.7. The minimum atomic E-state index is -0.432. The molecule has 0 aliphatic carbocycles. The number of aliphatic hydroxyl groups excluding tert-OH is 1. The van der Waals surface area contributed by atoms with Gasteiger partial charge in [0.05, 0.1) is 18.9 Å². The van der Waals surface area contributed by atoms with Crippen molar-refractivity contribution in [3.63, 3.8) is 0 Å². The summed E-state index contributed by atoms with van der Waals surface area (Å²) >= 11 is 0. The zero-order chi connectivity index (χ0) is 20.2. The van der Waals surface area contributed by atoms with Crippen LogP contribution < -0.4 is 14.2 Å². The van der Waals surface area contributed by atoms with Gasteiger partial charge in [-0.2, -0.15) is 0 Å². The molecule has 1 aromatic heterocycles. The summed E-state index contributed by atoms with van der Waals surface area (Å²) in [7, 11) is 1.68. The summed E-state index contributed by atoms with van der Waals surface area (Å²) in [6.45, 7) is 4.02. The molecule has 4 rings (SSSR count). The molecule has 0 saturated carbocycles. The molecule has 1 aliphatic heterocycles. The zero-order valence-electron chi connectivity index (χ0n) is 16.7. The molecular weight excluding hydrogens is 368 g/mol. The normalized spacial score (nSPS) is 13.7. The van der Waals surface area contributed by atoms with Gasteiger partial charge >= 0.3 is 0 Å². The van der Waals surface area contributed by atoms with Gasteiger partial charge in [0.25, 0.3) is 0 Å². The largest absolute Gasteiger partial charge is 0.495 e. The van der Waals surface area contributed by atoms with Gasteiger partial charge in [0.2, 0.25) is 6.79 Å². The lowest BCUT2D eigenvalue weighted by Gasteiger charge is -2.25. The van der Waals surface area contributed by atoms with Crippen molar-refractivity contribution in [2.75, 3.05) is 20.4 Å². The van der Waals surface area contributed by atoms with Crippen LogP contribution in [0.4, 0.5) is 0 Å². The summed E-state index contributed by atoms with van der Waals surface area (Å²) in [5, 5.41) is 10.0. The number of aliphatic hydroxyl groups is 1. The Hall–Kier alpha value is -2.96. The number of fused-ring (bicyclic) bond motifs is 1. The molecule has 0 unspecified atom stereocenters. The minimum absolute atomic E-state index is 0.266. The number of hydrogen-bond donors (Lipinski definition) is 1. The number of para-hydroxylation sites is 2. The Bertz CT molecular complexity index is 967. The number of benzene rings is 2. The Labute approximate surface area is 170 Å². The molecule has 0 spiro atoms. The quantitative estimate of drug-likeness (QED) is 0.633. The van der Waals surface area contributed by atoms with E-state index in [2.05, 4.69) is 15.5 Å². The van der Waals surface area contributed by atoms with Gasteiger partial charge in [-0.1, -0.05) is 18.2 Å². The van der Waals surface area contributed by atoms with Gasteiger partial charge in [-0.3, -0.25) is 4.90 Å². The standard InChI is InChI=1S/C23H26N2O4/c1-17(26)13-24(14-18-9-10-22-23(12-18)29-16-28-22)15-19-6-5-11-25(19)20-7-3-4-8-21(20)27-2/h3-12,17,26H,13-16H2,1-2H3/t17-/m1/s1. The van der Waals surface area contributed by atoms with Crippen LogP contribution in [0.2, 0.25) is 0 Å². The van der Waals surface area contributed by atoms with Crippen LogP contribution in [0.15, 0.2) is 60.8 Å². The predicted molar refractivity (Wildman–Crippen MR) is 111 cm³/mol. The molecule has 0 bridgehead atoms. The first-order chi connectivity index (χ1) is 14.1. The van der Waals surface area contributed by atoms with E-state index in [1.807, 2.05) is 61.7 Å². The average molecular weight is 394 g/mol. The summed E-state index contributed by atoms with van der Waals surface area (Å²) in [6.07, 6.45) is 1.60. The van der Waals surface area contributed by atoms with Crippen molar-refractivity contribution >= 4 is 0 Å². The average Bonchev–Trinajstić information content (AvgIpc) is 3.36. The highest BCUT2D eigenvalue weighted by Crippen LogP contribution is 2.33. The summed E-state index contributed by atoms with van der Waals surface area (Å²) in [5.41, 5.74) is 3.23. The number of rotatable bonds is 8. The first-order valence-corrected chi connectivity index (χ1v) is 9.72. The van der Waals surface area contributed by atoms with Crippen LogP contribution in [0.25, 0.3) is 5.69 Å². The van der Waals surface area contributed by atoms with Crippen LogP contribution >= 0.6 is 0 Å². The first-order valence-electron chi connectivity index (χ1n) is 9.72. The molecule has 29 heavy (non-hydrogen) atoms. The van der Waals surface area contributed by atoms with Crippen LogP contribution in [-0.4, -0.2) is 41.1 Å². The molecule has 0 radical (unpaired) electrons. The fraction of sp³-hybridized carbons (Fsp3) is 0.304. The lowest BCUT2D eigenvalue weighted by atomic mass is 10.1. The Morgan fingerprint density at radius 1 is 1.07 bits per heavy atom. The Balaban J connectivity index is 1.57. The number of nitrogens with zero attached hydrogens (tertiary/aromatic N) is 2. The van der Waals surface area contributed by atoms with Crippen molar-refractivity contribution in [3.05, 3.63) is 72.1 Å². The van der Waals surface area contributed by atoms with Crippen molar-refractivity contribution in [1.29, 1.82) is 0 Å². The summed E-state index contributed by atoms with van der Waals surface area (Å²) in [4.78, 5) is 2.23. The smallest absolute Gasteiger partial charge is 0.231 e. The molecule has 0 amide bonds. The third-order valence-electron chi connectivity index (χ3n) is 4.93. The number of hydrogen-bond acceptors (Lipinski definition) is 5. The Morgan fingerprint density at radius 2 is 1.90 bits per heavy atom. The van der Waals surface area contributed by atoms with Crippen molar-refractivity contribution in [2.24, 2.45) is 0 Å². The van der Waals surface area contributed by atoms with Crippen LogP contribution in [0.3, 0.4) is 0 Å². The molecule has 152 valence electrons. The second kappa shape index (κ2) is 8.59. The minimum Gasteiger partial charge on any atom is -0.495 e. The molecule has 0 fully saturated rings. The summed E-state index contributed by atoms with van der Waals surface area (Å²) < 4.78 is 18.6. The number of ether oxygens (including phenoxy) is 3. The van der Waals surface area contributed by atoms with E-state index in [1.54, 1.807) is 7.11 Å². The molecule has 6 nitrogen and oxygen atoms in total. The maximum absolute atomic E-state index is 10.0. The highest BCUT2D eigenvalue weighted by Gasteiger charge is 2.17. The van der Waals surface area contributed by atoms with E-state index in [4.69, 9.17) is 14.2 Å². The van der Waals surface area contributed by atoms with Gasteiger partial charge in [0, 0.05) is 31.5 Å². The number of methoxy groups -OCH3 is 1. The molecule has 0 saturated heterocycles. The third kappa shape index (κ3) is 4.39. The van der Waals surface area contributed by atoms with E-state index < -0.39 is 6.10 Å². The van der Waals surface area contributed by atoms with Crippen LogP contribution in [0.1, 0.15) is 18.2 Å². The molecule has 1 aliphatic rings. The SMILES string of the molecule is COc1ccccc1-n1cccc1CN(Cc1ccc2c(c1)OCO2)C[C@@H](C)O. The van der Waals surface area contributed by atoms with Crippen LogP contribution in [-0.2, 0) is 13.1 Å². The van der Waals surface area contributed by atoms with E-state index >= 15 is 0 Å².